The zero-order valence-electron chi connectivity index (χ0n) is 8.46. The van der Waals surface area contributed by atoms with E-state index in [0.717, 1.165) is 12.1 Å². The molecule has 0 saturated heterocycles. The van der Waals surface area contributed by atoms with Gasteiger partial charge in [-0.3, -0.25) is 0 Å². The van der Waals surface area contributed by atoms with Crippen molar-refractivity contribution in [1.82, 2.24) is 0 Å². The van der Waals surface area contributed by atoms with E-state index in [0.29, 0.717) is 0 Å². The first-order chi connectivity index (χ1) is 6.01. The quantitative estimate of drug-likeness (QED) is 0.698. The highest BCUT2D eigenvalue weighted by molar-refractivity contribution is 5.45. The second-order valence-electron chi connectivity index (χ2n) is 3.73. The number of rotatable bonds is 3. The molecule has 0 atom stereocenters. The van der Waals surface area contributed by atoms with Crippen LogP contribution in [0.3, 0.4) is 0 Å². The fourth-order valence-corrected chi connectivity index (χ4v) is 1.18. The monoisotopic (exact) mass is 179 g/mol. The SMILES string of the molecule is CCc1ccc(NC(C)(C)O)cc1. The van der Waals surface area contributed by atoms with Gasteiger partial charge in [0.05, 0.1) is 0 Å². The summed E-state index contributed by atoms with van der Waals surface area (Å²) in [6.07, 6.45) is 1.04. The maximum absolute atomic E-state index is 9.49. The molecule has 0 bridgehead atoms. The van der Waals surface area contributed by atoms with Crippen molar-refractivity contribution >= 4 is 5.69 Å². The summed E-state index contributed by atoms with van der Waals surface area (Å²) < 4.78 is 0. The Hall–Kier alpha value is -1.02. The summed E-state index contributed by atoms with van der Waals surface area (Å²) >= 11 is 0. The van der Waals surface area contributed by atoms with Crippen LogP contribution < -0.4 is 5.32 Å². The van der Waals surface area contributed by atoms with Crippen LogP contribution in [-0.2, 0) is 6.42 Å². The Labute approximate surface area is 79.6 Å². The molecule has 0 fully saturated rings. The molecule has 0 spiro atoms. The first-order valence-electron chi connectivity index (χ1n) is 4.61. The molecular weight excluding hydrogens is 162 g/mol. The number of aliphatic hydroxyl groups is 1. The first kappa shape index (κ1) is 10.1. The molecule has 0 aromatic heterocycles. The highest BCUT2D eigenvalue weighted by Crippen LogP contribution is 2.13. The Morgan fingerprint density at radius 3 is 2.15 bits per heavy atom. The van der Waals surface area contributed by atoms with Crippen molar-refractivity contribution in [3.05, 3.63) is 29.8 Å². The zero-order valence-corrected chi connectivity index (χ0v) is 8.46. The molecule has 0 unspecified atom stereocenters. The third-order valence-electron chi connectivity index (χ3n) is 1.81. The van der Waals surface area contributed by atoms with E-state index in [1.165, 1.54) is 5.56 Å². The lowest BCUT2D eigenvalue weighted by Gasteiger charge is -2.20. The zero-order chi connectivity index (χ0) is 9.90. The average Bonchev–Trinajstić information content (AvgIpc) is 2.03. The Bertz CT molecular complexity index is 258. The van der Waals surface area contributed by atoms with Gasteiger partial charge in [-0.1, -0.05) is 19.1 Å². The normalized spacial score (nSPS) is 11.4. The van der Waals surface area contributed by atoms with Crippen LogP contribution in [0, 0.1) is 0 Å². The van der Waals surface area contributed by atoms with Crippen LogP contribution in [0.2, 0.25) is 0 Å². The fourth-order valence-electron chi connectivity index (χ4n) is 1.18. The topological polar surface area (TPSA) is 32.3 Å². The van der Waals surface area contributed by atoms with Crippen LogP contribution in [0.25, 0.3) is 0 Å². The van der Waals surface area contributed by atoms with Crippen molar-refractivity contribution in [1.29, 1.82) is 0 Å². The predicted molar refractivity (Wildman–Crippen MR) is 55.7 cm³/mol. The van der Waals surface area contributed by atoms with Gasteiger partial charge in [0.2, 0.25) is 0 Å². The van der Waals surface area contributed by atoms with E-state index >= 15 is 0 Å². The molecule has 0 saturated carbocycles. The molecule has 0 aliphatic heterocycles. The van der Waals surface area contributed by atoms with Crippen molar-refractivity contribution in [3.8, 4) is 0 Å². The third kappa shape index (κ3) is 3.47. The van der Waals surface area contributed by atoms with Gasteiger partial charge in [0, 0.05) is 5.69 Å². The Balaban J connectivity index is 2.70. The van der Waals surface area contributed by atoms with Crippen LogP contribution in [0.4, 0.5) is 5.69 Å². The average molecular weight is 179 g/mol. The van der Waals surface area contributed by atoms with Gasteiger partial charge in [-0.2, -0.15) is 0 Å². The van der Waals surface area contributed by atoms with E-state index in [4.69, 9.17) is 0 Å². The van der Waals surface area contributed by atoms with Gasteiger partial charge in [0.15, 0.2) is 0 Å². The molecular formula is C11H17NO. The second kappa shape index (κ2) is 3.79. The van der Waals surface area contributed by atoms with Crippen molar-refractivity contribution < 1.29 is 5.11 Å². The smallest absolute Gasteiger partial charge is 0.129 e. The Morgan fingerprint density at radius 1 is 1.23 bits per heavy atom. The minimum Gasteiger partial charge on any atom is -0.372 e. The highest BCUT2D eigenvalue weighted by atomic mass is 16.3. The molecule has 0 amide bonds. The molecule has 1 aromatic rings. The van der Waals surface area contributed by atoms with E-state index in [9.17, 15) is 5.11 Å². The van der Waals surface area contributed by atoms with Crippen molar-refractivity contribution in [3.63, 3.8) is 0 Å². The maximum Gasteiger partial charge on any atom is 0.129 e. The van der Waals surface area contributed by atoms with E-state index in [2.05, 4.69) is 24.4 Å². The summed E-state index contributed by atoms with van der Waals surface area (Å²) in [4.78, 5) is 0. The van der Waals surface area contributed by atoms with Crippen LogP contribution in [0.5, 0.6) is 0 Å². The van der Waals surface area contributed by atoms with Crippen LogP contribution in [-0.4, -0.2) is 10.8 Å². The van der Waals surface area contributed by atoms with E-state index in [1.807, 2.05) is 12.1 Å². The third-order valence-corrected chi connectivity index (χ3v) is 1.81. The Morgan fingerprint density at radius 2 is 1.77 bits per heavy atom. The number of hydrogen-bond acceptors (Lipinski definition) is 2. The van der Waals surface area contributed by atoms with Crippen LogP contribution in [0.15, 0.2) is 24.3 Å². The molecule has 2 N–H and O–H groups in total. The summed E-state index contributed by atoms with van der Waals surface area (Å²) in [6.45, 7) is 5.57. The molecule has 1 aromatic carbocycles. The maximum atomic E-state index is 9.49. The standard InChI is InChI=1S/C11H17NO/c1-4-9-5-7-10(8-6-9)12-11(2,3)13/h5-8,12-13H,4H2,1-3H3. The van der Waals surface area contributed by atoms with Gasteiger partial charge in [0.1, 0.15) is 5.72 Å². The Kier molecular flexibility index (Phi) is 2.94. The molecule has 0 aliphatic rings. The second-order valence-corrected chi connectivity index (χ2v) is 3.73. The lowest BCUT2D eigenvalue weighted by molar-refractivity contribution is 0.111. The summed E-state index contributed by atoms with van der Waals surface area (Å²) in [7, 11) is 0. The van der Waals surface area contributed by atoms with E-state index in [1.54, 1.807) is 13.8 Å². The molecule has 2 nitrogen and oxygen atoms in total. The molecule has 1 rings (SSSR count). The number of nitrogens with one attached hydrogen (secondary N) is 1. The molecule has 0 heterocycles. The number of anilines is 1. The van der Waals surface area contributed by atoms with Crippen molar-refractivity contribution in [2.75, 3.05) is 5.32 Å². The van der Waals surface area contributed by atoms with E-state index < -0.39 is 5.72 Å². The van der Waals surface area contributed by atoms with Crippen molar-refractivity contribution in [2.24, 2.45) is 0 Å². The molecule has 0 radical (unpaired) electrons. The predicted octanol–water partition coefficient (Wildman–Crippen LogP) is 2.39. The number of aryl methyl sites for hydroxylation is 1. The summed E-state index contributed by atoms with van der Waals surface area (Å²) in [5.74, 6) is 0. The summed E-state index contributed by atoms with van der Waals surface area (Å²) in [5, 5.41) is 12.5. The molecule has 2 heteroatoms. The summed E-state index contributed by atoms with van der Waals surface area (Å²) in [5.41, 5.74) is 1.40. The fraction of sp³-hybridized carbons (Fsp3) is 0.455. The van der Waals surface area contributed by atoms with Gasteiger partial charge in [-0.25, -0.2) is 0 Å². The van der Waals surface area contributed by atoms with Crippen LogP contribution >= 0.6 is 0 Å². The van der Waals surface area contributed by atoms with Gasteiger partial charge < -0.3 is 10.4 Å². The summed E-state index contributed by atoms with van der Waals surface area (Å²) in [6, 6.07) is 8.09. The van der Waals surface area contributed by atoms with Crippen molar-refractivity contribution in [2.45, 2.75) is 32.9 Å². The minimum absolute atomic E-state index is 0.853. The van der Waals surface area contributed by atoms with Gasteiger partial charge in [0.25, 0.3) is 0 Å². The first-order valence-corrected chi connectivity index (χ1v) is 4.61. The number of benzene rings is 1. The molecule has 72 valence electrons. The lowest BCUT2D eigenvalue weighted by Crippen LogP contribution is -2.29. The minimum atomic E-state index is -0.853. The molecule has 0 aliphatic carbocycles. The van der Waals surface area contributed by atoms with Gasteiger partial charge in [-0.15, -0.1) is 0 Å². The lowest BCUT2D eigenvalue weighted by atomic mass is 10.1. The highest BCUT2D eigenvalue weighted by Gasteiger charge is 2.10. The molecule has 13 heavy (non-hydrogen) atoms. The van der Waals surface area contributed by atoms with Gasteiger partial charge >= 0.3 is 0 Å². The van der Waals surface area contributed by atoms with Crippen LogP contribution in [0.1, 0.15) is 26.3 Å². The number of hydrogen-bond donors (Lipinski definition) is 2. The largest absolute Gasteiger partial charge is 0.372 e. The van der Waals surface area contributed by atoms with Gasteiger partial charge in [-0.05, 0) is 38.0 Å². The van der Waals surface area contributed by atoms with E-state index in [-0.39, 0.29) is 0 Å².